The van der Waals surface area contributed by atoms with Crippen molar-refractivity contribution in [2.75, 3.05) is 31.1 Å². The number of hydrogen-bond donors (Lipinski definition) is 1. The number of hydrogen-bond acceptors (Lipinski definition) is 6. The molecule has 30 heavy (non-hydrogen) atoms. The predicted molar refractivity (Wildman–Crippen MR) is 105 cm³/mol. The van der Waals surface area contributed by atoms with Gasteiger partial charge in [-0.25, -0.2) is 0 Å². The minimum atomic E-state index is -4.60. The van der Waals surface area contributed by atoms with Gasteiger partial charge in [0.1, 0.15) is 30.2 Å². The van der Waals surface area contributed by atoms with E-state index in [1.807, 2.05) is 23.1 Å². The molecule has 1 saturated heterocycles. The highest BCUT2D eigenvalue weighted by atomic mass is 19.4. The number of nitrogens with zero attached hydrogens (tertiary/aromatic N) is 2. The number of alkyl halides is 3. The average molecular weight is 421 g/mol. The largest absolute Gasteiger partial charge is 0.466 e. The van der Waals surface area contributed by atoms with E-state index in [2.05, 4.69) is 10.3 Å². The van der Waals surface area contributed by atoms with Crippen LogP contribution in [0.4, 0.5) is 19.0 Å². The molecule has 3 aliphatic rings. The molecule has 9 heteroatoms. The SMILES string of the molecule is FC(F)(F)c1ccc(N2CCNCC2)nc1OC(C1=CC=CCC1)C1=COC=CO1. The number of rotatable bonds is 5. The molecule has 2 aliphatic heterocycles. The van der Waals surface area contributed by atoms with E-state index in [0.717, 1.165) is 31.1 Å². The molecule has 1 fully saturated rings. The van der Waals surface area contributed by atoms with Crippen LogP contribution in [0.2, 0.25) is 0 Å². The summed E-state index contributed by atoms with van der Waals surface area (Å²) >= 11 is 0. The Morgan fingerprint density at radius 3 is 2.67 bits per heavy atom. The van der Waals surface area contributed by atoms with E-state index >= 15 is 0 Å². The first-order valence-corrected chi connectivity index (χ1v) is 9.76. The summed E-state index contributed by atoms with van der Waals surface area (Å²) in [5.41, 5.74) is -0.142. The standard InChI is InChI=1S/C21H22F3N3O3/c22-21(23,24)16-6-7-18(27-10-8-25-9-11-27)26-20(16)30-19(15-4-2-1-3-5-15)17-14-28-12-13-29-17/h1-2,4,6-7,12-14,19,25H,3,5,8-11H2. The van der Waals surface area contributed by atoms with Crippen molar-refractivity contribution in [1.82, 2.24) is 10.3 Å². The molecule has 1 unspecified atom stereocenters. The highest BCUT2D eigenvalue weighted by Gasteiger charge is 2.38. The first kappa shape index (κ1) is 20.3. The lowest BCUT2D eigenvalue weighted by atomic mass is 9.98. The Labute approximate surface area is 172 Å². The second kappa shape index (κ2) is 8.83. The molecule has 0 amide bonds. The van der Waals surface area contributed by atoms with Crippen molar-refractivity contribution >= 4 is 5.82 Å². The van der Waals surface area contributed by atoms with Gasteiger partial charge >= 0.3 is 6.18 Å². The molecule has 0 radical (unpaired) electrons. The van der Waals surface area contributed by atoms with E-state index in [9.17, 15) is 13.2 Å². The molecule has 4 rings (SSSR count). The molecule has 0 bridgehead atoms. The molecule has 1 aliphatic carbocycles. The lowest BCUT2D eigenvalue weighted by Crippen LogP contribution is -2.44. The lowest BCUT2D eigenvalue weighted by Gasteiger charge is -2.30. The molecule has 1 aromatic heterocycles. The number of allylic oxidation sites excluding steroid dienone is 3. The summed E-state index contributed by atoms with van der Waals surface area (Å²) in [6.07, 6.45) is 5.55. The molecule has 6 nitrogen and oxygen atoms in total. The predicted octanol–water partition coefficient (Wildman–Crippen LogP) is 3.89. The van der Waals surface area contributed by atoms with Crippen molar-refractivity contribution in [3.05, 3.63) is 66.0 Å². The van der Waals surface area contributed by atoms with E-state index in [1.54, 1.807) is 0 Å². The van der Waals surface area contributed by atoms with E-state index in [1.165, 1.54) is 24.9 Å². The fourth-order valence-electron chi connectivity index (χ4n) is 3.47. The summed E-state index contributed by atoms with van der Waals surface area (Å²) < 4.78 is 57.7. The van der Waals surface area contributed by atoms with Crippen LogP contribution >= 0.6 is 0 Å². The maximum atomic E-state index is 13.7. The van der Waals surface area contributed by atoms with E-state index in [0.29, 0.717) is 25.3 Å². The smallest absolute Gasteiger partial charge is 0.421 e. The maximum absolute atomic E-state index is 13.7. The summed E-state index contributed by atoms with van der Waals surface area (Å²) in [4.78, 5) is 6.20. The molecule has 1 aromatic rings. The second-order valence-electron chi connectivity index (χ2n) is 7.01. The van der Waals surface area contributed by atoms with Gasteiger partial charge in [0.25, 0.3) is 0 Å². The zero-order valence-electron chi connectivity index (χ0n) is 16.2. The van der Waals surface area contributed by atoms with Crippen molar-refractivity contribution < 1.29 is 27.4 Å². The first-order valence-electron chi connectivity index (χ1n) is 9.76. The van der Waals surface area contributed by atoms with Crippen molar-refractivity contribution in [2.24, 2.45) is 0 Å². The summed E-state index contributed by atoms with van der Waals surface area (Å²) in [7, 11) is 0. The number of halogens is 3. The van der Waals surface area contributed by atoms with Gasteiger partial charge in [0.15, 0.2) is 11.9 Å². The van der Waals surface area contributed by atoms with Crippen LogP contribution in [-0.4, -0.2) is 37.3 Å². The third-order valence-corrected chi connectivity index (χ3v) is 4.99. The molecular weight excluding hydrogens is 399 g/mol. The van der Waals surface area contributed by atoms with Gasteiger partial charge < -0.3 is 24.4 Å². The van der Waals surface area contributed by atoms with Gasteiger partial charge in [0, 0.05) is 26.2 Å². The summed E-state index contributed by atoms with van der Waals surface area (Å²) in [5, 5.41) is 3.21. The van der Waals surface area contributed by atoms with E-state index in [4.69, 9.17) is 14.2 Å². The number of aromatic nitrogens is 1. The summed E-state index contributed by atoms with van der Waals surface area (Å²) in [6, 6.07) is 2.42. The van der Waals surface area contributed by atoms with Crippen LogP contribution in [0.15, 0.2) is 60.5 Å². The molecule has 1 atom stereocenters. The van der Waals surface area contributed by atoms with Crippen molar-refractivity contribution in [3.8, 4) is 5.88 Å². The molecule has 1 N–H and O–H groups in total. The van der Waals surface area contributed by atoms with Gasteiger partial charge in [-0.3, -0.25) is 0 Å². The van der Waals surface area contributed by atoms with Gasteiger partial charge in [0.2, 0.25) is 5.88 Å². The van der Waals surface area contributed by atoms with E-state index in [-0.39, 0.29) is 5.76 Å². The molecule has 0 aromatic carbocycles. The number of anilines is 1. The number of pyridine rings is 1. The Hall–Kier alpha value is -2.94. The zero-order valence-corrected chi connectivity index (χ0v) is 16.2. The Morgan fingerprint density at radius 1 is 1.17 bits per heavy atom. The fraction of sp³-hybridized carbons (Fsp3) is 0.381. The Balaban J connectivity index is 1.70. The van der Waals surface area contributed by atoms with Crippen LogP contribution in [0.25, 0.3) is 0 Å². The van der Waals surface area contributed by atoms with Crippen LogP contribution in [0.3, 0.4) is 0 Å². The van der Waals surface area contributed by atoms with Gasteiger partial charge in [-0.1, -0.05) is 18.2 Å². The first-order chi connectivity index (χ1) is 14.5. The van der Waals surface area contributed by atoms with Gasteiger partial charge in [-0.15, -0.1) is 0 Å². The third-order valence-electron chi connectivity index (χ3n) is 4.99. The third kappa shape index (κ3) is 4.62. The van der Waals surface area contributed by atoms with Gasteiger partial charge in [-0.05, 0) is 30.5 Å². The van der Waals surface area contributed by atoms with Crippen LogP contribution in [0, 0.1) is 0 Å². The minimum Gasteiger partial charge on any atom is -0.466 e. The normalized spacial score (nSPS) is 20.0. The Morgan fingerprint density at radius 2 is 2.00 bits per heavy atom. The maximum Gasteiger partial charge on any atom is 0.421 e. The quantitative estimate of drug-likeness (QED) is 0.779. The van der Waals surface area contributed by atoms with Gasteiger partial charge in [-0.2, -0.15) is 18.2 Å². The Kier molecular flexibility index (Phi) is 5.98. The highest BCUT2D eigenvalue weighted by Crippen LogP contribution is 2.38. The summed E-state index contributed by atoms with van der Waals surface area (Å²) in [5.74, 6) is 0.241. The molecule has 160 valence electrons. The molecule has 0 saturated carbocycles. The van der Waals surface area contributed by atoms with Crippen molar-refractivity contribution in [1.29, 1.82) is 0 Å². The molecule has 0 spiro atoms. The zero-order chi connectivity index (χ0) is 21.0. The number of nitrogens with one attached hydrogen (secondary N) is 1. The summed E-state index contributed by atoms with van der Waals surface area (Å²) in [6.45, 7) is 2.80. The molecule has 3 heterocycles. The topological polar surface area (TPSA) is 55.9 Å². The van der Waals surface area contributed by atoms with Gasteiger partial charge in [0.05, 0.1) is 0 Å². The van der Waals surface area contributed by atoms with Crippen molar-refractivity contribution in [2.45, 2.75) is 25.1 Å². The Bertz CT molecular complexity index is 887. The molecular formula is C21H22F3N3O3. The van der Waals surface area contributed by atoms with Crippen LogP contribution < -0.4 is 15.0 Å². The van der Waals surface area contributed by atoms with Crippen LogP contribution in [0.5, 0.6) is 5.88 Å². The average Bonchev–Trinajstić information content (AvgIpc) is 2.78. The lowest BCUT2D eigenvalue weighted by molar-refractivity contribution is -0.139. The van der Waals surface area contributed by atoms with Crippen LogP contribution in [-0.2, 0) is 15.7 Å². The van der Waals surface area contributed by atoms with Crippen LogP contribution in [0.1, 0.15) is 18.4 Å². The monoisotopic (exact) mass is 421 g/mol. The number of ether oxygens (including phenoxy) is 3. The minimum absolute atomic E-state index is 0.265. The van der Waals surface area contributed by atoms with E-state index < -0.39 is 23.7 Å². The highest BCUT2D eigenvalue weighted by molar-refractivity contribution is 5.46. The number of piperazine rings is 1. The fourth-order valence-corrected chi connectivity index (χ4v) is 3.47. The van der Waals surface area contributed by atoms with Crippen molar-refractivity contribution in [3.63, 3.8) is 0 Å². The second-order valence-corrected chi connectivity index (χ2v) is 7.01.